The molecule has 0 aliphatic carbocycles. The van der Waals surface area contributed by atoms with Crippen molar-refractivity contribution in [2.75, 3.05) is 4.90 Å². The van der Waals surface area contributed by atoms with E-state index in [1.807, 2.05) is 0 Å². The van der Waals surface area contributed by atoms with Crippen molar-refractivity contribution in [1.29, 1.82) is 0 Å². The zero-order chi connectivity index (χ0) is 45.4. The molecule has 322 valence electrons. The van der Waals surface area contributed by atoms with Gasteiger partial charge in [-0.25, -0.2) is 0 Å². The first-order valence-electron chi connectivity index (χ1n) is 23.7. The first kappa shape index (κ1) is 39.0. The summed E-state index contributed by atoms with van der Waals surface area (Å²) in [5.41, 5.74) is 15.4. The van der Waals surface area contributed by atoms with E-state index in [1.54, 1.807) is 0 Å². The molecule has 0 aliphatic rings. The molecule has 0 bridgehead atoms. The number of hydrogen-bond acceptors (Lipinski definition) is 2. The Morgan fingerprint density at radius 3 is 1.39 bits per heavy atom. The van der Waals surface area contributed by atoms with Crippen LogP contribution in [-0.4, -0.2) is 4.57 Å². The third kappa shape index (κ3) is 6.29. The monoisotopic (exact) mass is 878 g/mol. The summed E-state index contributed by atoms with van der Waals surface area (Å²) in [5.74, 6) is 0. The second kappa shape index (κ2) is 15.7. The predicted molar refractivity (Wildman–Crippen MR) is 292 cm³/mol. The van der Waals surface area contributed by atoms with E-state index in [2.05, 4.69) is 264 Å². The fourth-order valence-electron chi connectivity index (χ4n) is 11.0. The van der Waals surface area contributed by atoms with Crippen LogP contribution in [0.25, 0.3) is 115 Å². The second-order valence-corrected chi connectivity index (χ2v) is 18.0. The van der Waals surface area contributed by atoms with Gasteiger partial charge < -0.3 is 13.9 Å². The standard InChI is InChI=1S/C66H42N2O/c1-4-16-43(17-5-1)44-28-32-49(33-29-44)67(48-20-8-3-9-21-48)50-34-36-51(37-35-50)68-60-39-31-47(46-30-38-56-54-24-11-10-22-52(54)53-23-12-13-25-55(53)58(56)40-46)41-59(60)65-61(68)42-63-66(57-26-14-15-27-62(57)69-63)64(65)45-18-6-2-7-19-45/h1-42H. The highest BCUT2D eigenvalue weighted by Crippen LogP contribution is 2.48. The molecule has 0 amide bonds. The fourth-order valence-corrected chi connectivity index (χ4v) is 11.0. The number of aromatic nitrogens is 1. The van der Waals surface area contributed by atoms with Crippen molar-refractivity contribution in [3.05, 3.63) is 255 Å². The summed E-state index contributed by atoms with van der Waals surface area (Å²) in [7, 11) is 0. The van der Waals surface area contributed by atoms with Gasteiger partial charge in [0, 0.05) is 55.9 Å². The highest BCUT2D eigenvalue weighted by molar-refractivity contribution is 6.28. The summed E-state index contributed by atoms with van der Waals surface area (Å²) in [6.45, 7) is 0. The second-order valence-electron chi connectivity index (χ2n) is 18.0. The van der Waals surface area contributed by atoms with Gasteiger partial charge in [-0.05, 0) is 133 Å². The molecule has 0 saturated carbocycles. The molecule has 2 heterocycles. The highest BCUT2D eigenvalue weighted by atomic mass is 16.3. The Bertz CT molecular complexity index is 4230. The molecular weight excluding hydrogens is 837 g/mol. The van der Waals surface area contributed by atoms with Crippen LogP contribution in [0.15, 0.2) is 259 Å². The number of para-hydroxylation sites is 2. The normalized spacial score (nSPS) is 11.8. The third-order valence-electron chi connectivity index (χ3n) is 14.1. The number of nitrogens with zero attached hydrogens (tertiary/aromatic N) is 2. The van der Waals surface area contributed by atoms with Crippen molar-refractivity contribution >= 4 is 93.1 Å². The molecule has 0 N–H and O–H groups in total. The average Bonchev–Trinajstić information content (AvgIpc) is 3.96. The molecule has 0 spiro atoms. The van der Waals surface area contributed by atoms with Crippen LogP contribution in [0.3, 0.4) is 0 Å². The van der Waals surface area contributed by atoms with Gasteiger partial charge in [-0.15, -0.1) is 0 Å². The van der Waals surface area contributed by atoms with E-state index in [9.17, 15) is 0 Å². The maximum absolute atomic E-state index is 6.77. The smallest absolute Gasteiger partial charge is 0.138 e. The first-order valence-corrected chi connectivity index (χ1v) is 23.7. The van der Waals surface area contributed by atoms with Crippen LogP contribution in [0.5, 0.6) is 0 Å². The van der Waals surface area contributed by atoms with Crippen LogP contribution >= 0.6 is 0 Å². The van der Waals surface area contributed by atoms with Crippen LogP contribution in [0.2, 0.25) is 0 Å². The van der Waals surface area contributed by atoms with Crippen LogP contribution in [0, 0.1) is 0 Å². The molecule has 0 fully saturated rings. The molecule has 12 aromatic carbocycles. The van der Waals surface area contributed by atoms with E-state index >= 15 is 0 Å². The molecule has 0 aliphatic heterocycles. The average molecular weight is 879 g/mol. The minimum Gasteiger partial charge on any atom is -0.456 e. The van der Waals surface area contributed by atoms with E-state index in [0.717, 1.165) is 61.3 Å². The lowest BCUT2D eigenvalue weighted by molar-refractivity contribution is 0.669. The van der Waals surface area contributed by atoms with E-state index in [4.69, 9.17) is 4.42 Å². The highest BCUT2D eigenvalue weighted by Gasteiger charge is 2.24. The van der Waals surface area contributed by atoms with E-state index in [0.29, 0.717) is 0 Å². The SMILES string of the molecule is c1ccc(-c2ccc(N(c3ccccc3)c3ccc(-n4c5ccc(-c6ccc7c8ccccc8c8ccccc8c7c6)cc5c5c(-c6ccccc6)c6c(cc54)oc4ccccc46)cc3)cc2)cc1. The van der Waals surface area contributed by atoms with Crippen LogP contribution in [-0.2, 0) is 0 Å². The Balaban J connectivity index is 0.994. The minimum absolute atomic E-state index is 0.867. The van der Waals surface area contributed by atoms with Gasteiger partial charge in [0.2, 0.25) is 0 Å². The van der Waals surface area contributed by atoms with Gasteiger partial charge >= 0.3 is 0 Å². The fraction of sp³-hybridized carbons (Fsp3) is 0. The molecule has 69 heavy (non-hydrogen) atoms. The molecule has 0 radical (unpaired) electrons. The maximum Gasteiger partial charge on any atom is 0.138 e. The van der Waals surface area contributed by atoms with Crippen LogP contribution in [0.4, 0.5) is 17.1 Å². The first-order chi connectivity index (χ1) is 34.2. The number of furan rings is 1. The lowest BCUT2D eigenvalue weighted by atomic mass is 9.91. The molecular formula is C66H42N2O. The summed E-state index contributed by atoms with van der Waals surface area (Å²) in [6, 6.07) is 92.3. The largest absolute Gasteiger partial charge is 0.456 e. The molecule has 0 unspecified atom stereocenters. The molecule has 3 heteroatoms. The third-order valence-corrected chi connectivity index (χ3v) is 14.1. The lowest BCUT2D eigenvalue weighted by Crippen LogP contribution is -2.10. The molecule has 0 atom stereocenters. The zero-order valence-electron chi connectivity index (χ0n) is 37.6. The predicted octanol–water partition coefficient (Wildman–Crippen LogP) is 18.6. The number of benzene rings is 12. The summed E-state index contributed by atoms with van der Waals surface area (Å²) in [6.07, 6.45) is 0. The van der Waals surface area contributed by atoms with E-state index in [1.165, 1.54) is 70.9 Å². The summed E-state index contributed by atoms with van der Waals surface area (Å²) in [4.78, 5) is 2.33. The van der Waals surface area contributed by atoms with Gasteiger partial charge in [-0.2, -0.15) is 0 Å². The summed E-state index contributed by atoms with van der Waals surface area (Å²) < 4.78 is 9.20. The van der Waals surface area contributed by atoms with Crippen molar-refractivity contribution in [1.82, 2.24) is 4.57 Å². The molecule has 14 rings (SSSR count). The molecule has 14 aromatic rings. The number of hydrogen-bond donors (Lipinski definition) is 0. The topological polar surface area (TPSA) is 21.3 Å². The Labute approximate surface area is 399 Å². The summed E-state index contributed by atoms with van der Waals surface area (Å²) in [5, 5.41) is 12.3. The van der Waals surface area contributed by atoms with Crippen molar-refractivity contribution in [3.63, 3.8) is 0 Å². The Morgan fingerprint density at radius 1 is 0.275 bits per heavy atom. The Hall–Kier alpha value is -9.18. The zero-order valence-corrected chi connectivity index (χ0v) is 37.6. The maximum atomic E-state index is 6.77. The van der Waals surface area contributed by atoms with Crippen molar-refractivity contribution in [2.45, 2.75) is 0 Å². The van der Waals surface area contributed by atoms with Crippen molar-refractivity contribution in [2.24, 2.45) is 0 Å². The van der Waals surface area contributed by atoms with E-state index in [-0.39, 0.29) is 0 Å². The Morgan fingerprint density at radius 2 is 0.739 bits per heavy atom. The van der Waals surface area contributed by atoms with Gasteiger partial charge in [-0.3, -0.25) is 0 Å². The van der Waals surface area contributed by atoms with Gasteiger partial charge in [0.1, 0.15) is 11.2 Å². The molecule has 3 nitrogen and oxygen atoms in total. The number of fused-ring (bicyclic) bond motifs is 12. The lowest BCUT2D eigenvalue weighted by Gasteiger charge is -2.26. The number of anilines is 3. The van der Waals surface area contributed by atoms with Crippen molar-refractivity contribution < 1.29 is 4.42 Å². The van der Waals surface area contributed by atoms with Gasteiger partial charge in [-0.1, -0.05) is 176 Å². The minimum atomic E-state index is 0.867. The van der Waals surface area contributed by atoms with Crippen LogP contribution < -0.4 is 4.90 Å². The van der Waals surface area contributed by atoms with Gasteiger partial charge in [0.05, 0.1) is 11.0 Å². The Kier molecular flexibility index (Phi) is 8.90. The van der Waals surface area contributed by atoms with E-state index < -0.39 is 0 Å². The molecule has 2 aromatic heterocycles. The molecule has 0 saturated heterocycles. The van der Waals surface area contributed by atoms with Crippen molar-refractivity contribution in [3.8, 4) is 39.1 Å². The van der Waals surface area contributed by atoms with Gasteiger partial charge in [0.15, 0.2) is 0 Å². The van der Waals surface area contributed by atoms with Crippen LogP contribution in [0.1, 0.15) is 0 Å². The van der Waals surface area contributed by atoms with Gasteiger partial charge in [0.25, 0.3) is 0 Å². The number of rotatable bonds is 7. The summed E-state index contributed by atoms with van der Waals surface area (Å²) >= 11 is 0. The quantitative estimate of drug-likeness (QED) is 0.149.